The third-order valence-electron chi connectivity index (χ3n) is 4.75. The number of aromatic nitrogens is 3. The van der Waals surface area contributed by atoms with Crippen molar-refractivity contribution in [2.24, 2.45) is 7.05 Å². The molecule has 0 spiro atoms. The van der Waals surface area contributed by atoms with Crippen LogP contribution in [0, 0.1) is 0 Å². The zero-order chi connectivity index (χ0) is 13.2. The van der Waals surface area contributed by atoms with Gasteiger partial charge in [0.1, 0.15) is 12.2 Å². The van der Waals surface area contributed by atoms with Gasteiger partial charge in [-0.25, -0.2) is 0 Å². The molecule has 1 aromatic rings. The summed E-state index contributed by atoms with van der Waals surface area (Å²) in [6.45, 7) is 4.26. The van der Waals surface area contributed by atoms with E-state index < -0.39 is 0 Å². The molecule has 0 aliphatic carbocycles. The monoisotopic (exact) mass is 263 g/mol. The van der Waals surface area contributed by atoms with Gasteiger partial charge in [0.05, 0.1) is 6.54 Å². The van der Waals surface area contributed by atoms with Gasteiger partial charge in [0, 0.05) is 25.2 Å². The lowest BCUT2D eigenvalue weighted by Gasteiger charge is -2.48. The van der Waals surface area contributed by atoms with Crippen LogP contribution in [0.4, 0.5) is 0 Å². The van der Waals surface area contributed by atoms with Crippen molar-refractivity contribution >= 4 is 0 Å². The Morgan fingerprint density at radius 2 is 2.05 bits per heavy atom. The van der Waals surface area contributed by atoms with E-state index in [1.54, 1.807) is 6.33 Å². The Kier molecular flexibility index (Phi) is 3.84. The Balaban J connectivity index is 1.70. The molecule has 0 aromatic carbocycles. The molecule has 3 rings (SSSR count). The summed E-state index contributed by atoms with van der Waals surface area (Å²) in [5.41, 5.74) is 0. The highest BCUT2D eigenvalue weighted by molar-refractivity contribution is 4.97. The number of nitrogens with zero attached hydrogens (tertiary/aromatic N) is 4. The molecule has 19 heavy (non-hydrogen) atoms. The molecule has 2 aliphatic heterocycles. The Morgan fingerprint density at radius 3 is 2.63 bits per heavy atom. The summed E-state index contributed by atoms with van der Waals surface area (Å²) in [6, 6.07) is 2.18. The molecular formula is C14H25N5. The fourth-order valence-electron chi connectivity index (χ4n) is 3.81. The summed E-state index contributed by atoms with van der Waals surface area (Å²) in [4.78, 5) is 2.68. The molecule has 0 amide bonds. The van der Waals surface area contributed by atoms with Gasteiger partial charge in [-0.1, -0.05) is 13.3 Å². The first-order valence-electron chi connectivity index (χ1n) is 7.60. The number of rotatable bonds is 4. The van der Waals surface area contributed by atoms with Gasteiger partial charge in [0.25, 0.3) is 0 Å². The van der Waals surface area contributed by atoms with Crippen LogP contribution >= 0.6 is 0 Å². The Hall–Kier alpha value is -0.940. The Labute approximate surface area is 115 Å². The van der Waals surface area contributed by atoms with Gasteiger partial charge in [-0.15, -0.1) is 10.2 Å². The van der Waals surface area contributed by atoms with Crippen molar-refractivity contribution in [3.8, 4) is 0 Å². The minimum Gasteiger partial charge on any atom is -0.320 e. The van der Waals surface area contributed by atoms with Crippen LogP contribution in [0.2, 0.25) is 0 Å². The van der Waals surface area contributed by atoms with E-state index in [1.807, 2.05) is 11.6 Å². The first-order chi connectivity index (χ1) is 9.28. The van der Waals surface area contributed by atoms with Crippen molar-refractivity contribution in [1.29, 1.82) is 0 Å². The molecule has 2 saturated heterocycles. The van der Waals surface area contributed by atoms with Crippen molar-refractivity contribution in [2.75, 3.05) is 6.54 Å². The second-order valence-electron chi connectivity index (χ2n) is 5.99. The van der Waals surface area contributed by atoms with E-state index in [-0.39, 0.29) is 0 Å². The lowest BCUT2D eigenvalue weighted by atomic mass is 9.81. The van der Waals surface area contributed by atoms with E-state index in [0.29, 0.717) is 0 Å². The van der Waals surface area contributed by atoms with Crippen LogP contribution in [0.3, 0.4) is 0 Å². The molecule has 3 heterocycles. The van der Waals surface area contributed by atoms with E-state index in [0.717, 1.165) is 37.0 Å². The quantitative estimate of drug-likeness (QED) is 0.889. The maximum absolute atomic E-state index is 4.25. The number of hydrogen-bond acceptors (Lipinski definition) is 4. The number of piperidine rings is 2. The number of fused-ring (bicyclic) bond motifs is 2. The molecule has 2 aliphatic rings. The summed E-state index contributed by atoms with van der Waals surface area (Å²) in [5, 5.41) is 11.9. The van der Waals surface area contributed by atoms with Crippen molar-refractivity contribution in [3.63, 3.8) is 0 Å². The summed E-state index contributed by atoms with van der Waals surface area (Å²) in [5.74, 6) is 1.10. The molecule has 2 bridgehead atoms. The predicted octanol–water partition coefficient (Wildman–Crippen LogP) is 1.31. The van der Waals surface area contributed by atoms with Crippen molar-refractivity contribution in [3.05, 3.63) is 12.2 Å². The SMILES string of the molecule is CCNC1CC2CCCC(C1)N2Cc1nncn1C. The Morgan fingerprint density at radius 1 is 1.32 bits per heavy atom. The van der Waals surface area contributed by atoms with E-state index in [4.69, 9.17) is 0 Å². The van der Waals surface area contributed by atoms with Crippen LogP contribution in [0.25, 0.3) is 0 Å². The fraction of sp³-hybridized carbons (Fsp3) is 0.857. The third-order valence-corrected chi connectivity index (χ3v) is 4.75. The van der Waals surface area contributed by atoms with Gasteiger partial charge in [-0.05, 0) is 32.2 Å². The van der Waals surface area contributed by atoms with Crippen molar-refractivity contribution < 1.29 is 0 Å². The first kappa shape index (κ1) is 13.1. The van der Waals surface area contributed by atoms with Crippen LogP contribution in [0.15, 0.2) is 6.33 Å². The third kappa shape index (κ3) is 2.67. The molecule has 2 unspecified atom stereocenters. The minimum absolute atomic E-state index is 0.719. The average molecular weight is 263 g/mol. The second kappa shape index (κ2) is 5.59. The normalized spacial score (nSPS) is 31.6. The molecule has 5 nitrogen and oxygen atoms in total. The van der Waals surface area contributed by atoms with Crippen LogP contribution in [-0.4, -0.2) is 44.3 Å². The van der Waals surface area contributed by atoms with Gasteiger partial charge in [-0.2, -0.15) is 0 Å². The molecule has 1 aromatic heterocycles. The van der Waals surface area contributed by atoms with E-state index in [9.17, 15) is 0 Å². The maximum Gasteiger partial charge on any atom is 0.146 e. The van der Waals surface area contributed by atoms with Crippen molar-refractivity contribution in [2.45, 2.75) is 63.7 Å². The summed E-state index contributed by atoms with van der Waals surface area (Å²) < 4.78 is 2.05. The fourth-order valence-corrected chi connectivity index (χ4v) is 3.81. The van der Waals surface area contributed by atoms with E-state index >= 15 is 0 Å². The van der Waals surface area contributed by atoms with Crippen LogP contribution < -0.4 is 5.32 Å². The van der Waals surface area contributed by atoms with Crippen LogP contribution in [0.5, 0.6) is 0 Å². The van der Waals surface area contributed by atoms with Crippen LogP contribution in [-0.2, 0) is 13.6 Å². The smallest absolute Gasteiger partial charge is 0.146 e. The lowest BCUT2D eigenvalue weighted by molar-refractivity contribution is 0.0153. The lowest BCUT2D eigenvalue weighted by Crippen LogP contribution is -2.55. The van der Waals surface area contributed by atoms with Gasteiger partial charge < -0.3 is 9.88 Å². The highest BCUT2D eigenvalue weighted by Crippen LogP contribution is 2.34. The molecule has 2 fully saturated rings. The molecule has 1 N–H and O–H groups in total. The molecule has 0 radical (unpaired) electrons. The van der Waals surface area contributed by atoms with Gasteiger partial charge in [-0.3, -0.25) is 4.90 Å². The van der Waals surface area contributed by atoms with Gasteiger partial charge >= 0.3 is 0 Å². The molecule has 106 valence electrons. The second-order valence-corrected chi connectivity index (χ2v) is 5.99. The molecule has 5 heteroatoms. The zero-order valence-corrected chi connectivity index (χ0v) is 12.0. The van der Waals surface area contributed by atoms with E-state index in [1.165, 1.54) is 32.1 Å². The predicted molar refractivity (Wildman–Crippen MR) is 74.7 cm³/mol. The Bertz CT molecular complexity index is 402. The number of aryl methyl sites for hydroxylation is 1. The summed E-state index contributed by atoms with van der Waals surface area (Å²) in [6.07, 6.45) is 8.47. The largest absolute Gasteiger partial charge is 0.320 e. The van der Waals surface area contributed by atoms with E-state index in [2.05, 4.69) is 27.3 Å². The topological polar surface area (TPSA) is 46.0 Å². The average Bonchev–Trinajstić information content (AvgIpc) is 2.76. The maximum atomic E-state index is 4.25. The van der Waals surface area contributed by atoms with Gasteiger partial charge in [0.2, 0.25) is 0 Å². The highest BCUT2D eigenvalue weighted by Gasteiger charge is 2.38. The standard InChI is InChI=1S/C14H25N5/c1-3-15-11-7-12-5-4-6-13(8-11)19(12)9-14-17-16-10-18(14)2/h10-13,15H,3-9H2,1-2H3. The number of hydrogen-bond donors (Lipinski definition) is 1. The van der Waals surface area contributed by atoms with Crippen molar-refractivity contribution in [1.82, 2.24) is 25.0 Å². The van der Waals surface area contributed by atoms with Gasteiger partial charge in [0.15, 0.2) is 0 Å². The summed E-state index contributed by atoms with van der Waals surface area (Å²) in [7, 11) is 2.04. The van der Waals surface area contributed by atoms with Crippen LogP contribution in [0.1, 0.15) is 44.9 Å². The number of nitrogens with one attached hydrogen (secondary N) is 1. The minimum atomic E-state index is 0.719. The summed E-state index contributed by atoms with van der Waals surface area (Å²) >= 11 is 0. The zero-order valence-electron chi connectivity index (χ0n) is 12.0. The first-order valence-corrected chi connectivity index (χ1v) is 7.60. The molecule has 0 saturated carbocycles. The molecule has 2 atom stereocenters. The highest BCUT2D eigenvalue weighted by atomic mass is 15.3. The molecular weight excluding hydrogens is 238 g/mol.